The number of nitrogens with one attached hydrogen (secondary N) is 2. The SMILES string of the molecule is Cc1cc(Cl)ccc1C(=O)NCC1CCCNC1.Cl. The van der Waals surface area contributed by atoms with Gasteiger partial charge in [-0.05, 0) is 62.5 Å². The minimum absolute atomic E-state index is 0. The summed E-state index contributed by atoms with van der Waals surface area (Å²) in [6.07, 6.45) is 2.38. The summed E-state index contributed by atoms with van der Waals surface area (Å²) in [4.78, 5) is 12.0. The van der Waals surface area contributed by atoms with Crippen molar-refractivity contribution in [3.05, 3.63) is 34.3 Å². The van der Waals surface area contributed by atoms with Crippen LogP contribution in [0.4, 0.5) is 0 Å². The summed E-state index contributed by atoms with van der Waals surface area (Å²) in [6, 6.07) is 5.36. The van der Waals surface area contributed by atoms with Crippen LogP contribution in [0.25, 0.3) is 0 Å². The molecule has 3 nitrogen and oxygen atoms in total. The minimum Gasteiger partial charge on any atom is -0.352 e. The topological polar surface area (TPSA) is 41.1 Å². The maximum Gasteiger partial charge on any atom is 0.251 e. The van der Waals surface area contributed by atoms with Crippen molar-refractivity contribution in [1.29, 1.82) is 0 Å². The molecule has 0 saturated carbocycles. The fourth-order valence-corrected chi connectivity index (χ4v) is 2.54. The van der Waals surface area contributed by atoms with Crippen LogP contribution in [0.15, 0.2) is 18.2 Å². The second-order valence-corrected chi connectivity index (χ2v) is 5.32. The van der Waals surface area contributed by atoms with Gasteiger partial charge in [-0.3, -0.25) is 4.79 Å². The molecule has 0 aromatic heterocycles. The summed E-state index contributed by atoms with van der Waals surface area (Å²) in [7, 11) is 0. The first-order valence-corrected chi connectivity index (χ1v) is 6.79. The van der Waals surface area contributed by atoms with Gasteiger partial charge in [0, 0.05) is 17.1 Å². The van der Waals surface area contributed by atoms with E-state index in [1.54, 1.807) is 12.1 Å². The van der Waals surface area contributed by atoms with E-state index in [9.17, 15) is 4.79 Å². The van der Waals surface area contributed by atoms with Gasteiger partial charge in [0.2, 0.25) is 0 Å². The molecule has 0 radical (unpaired) electrons. The van der Waals surface area contributed by atoms with E-state index in [0.717, 1.165) is 25.2 Å². The van der Waals surface area contributed by atoms with E-state index >= 15 is 0 Å². The second-order valence-electron chi connectivity index (χ2n) is 4.88. The number of carbonyl (C=O) groups excluding carboxylic acids is 1. The van der Waals surface area contributed by atoms with Crippen molar-refractivity contribution in [3.8, 4) is 0 Å². The Morgan fingerprint density at radius 1 is 1.53 bits per heavy atom. The lowest BCUT2D eigenvalue weighted by atomic mass is 9.99. The van der Waals surface area contributed by atoms with Gasteiger partial charge in [0.05, 0.1) is 0 Å². The number of rotatable bonds is 3. The average Bonchev–Trinajstić information content (AvgIpc) is 2.37. The smallest absolute Gasteiger partial charge is 0.251 e. The molecule has 0 spiro atoms. The molecule has 1 fully saturated rings. The van der Waals surface area contributed by atoms with Crippen LogP contribution < -0.4 is 10.6 Å². The van der Waals surface area contributed by atoms with Crippen molar-refractivity contribution in [2.24, 2.45) is 5.92 Å². The molecule has 1 saturated heterocycles. The molecule has 5 heteroatoms. The molecule has 0 bridgehead atoms. The van der Waals surface area contributed by atoms with Gasteiger partial charge in [-0.2, -0.15) is 0 Å². The first-order chi connectivity index (χ1) is 8.66. The van der Waals surface area contributed by atoms with Gasteiger partial charge < -0.3 is 10.6 Å². The summed E-state index contributed by atoms with van der Waals surface area (Å²) < 4.78 is 0. The number of carbonyl (C=O) groups is 1. The lowest BCUT2D eigenvalue weighted by Crippen LogP contribution is -2.38. The van der Waals surface area contributed by atoms with Crippen molar-refractivity contribution < 1.29 is 4.79 Å². The quantitative estimate of drug-likeness (QED) is 0.901. The van der Waals surface area contributed by atoms with Crippen LogP contribution in [0, 0.1) is 12.8 Å². The zero-order valence-electron chi connectivity index (χ0n) is 11.0. The van der Waals surface area contributed by atoms with E-state index in [1.165, 1.54) is 12.8 Å². The second kappa shape index (κ2) is 7.73. The van der Waals surface area contributed by atoms with E-state index in [4.69, 9.17) is 11.6 Å². The number of halogens is 2. The van der Waals surface area contributed by atoms with Gasteiger partial charge >= 0.3 is 0 Å². The lowest BCUT2D eigenvalue weighted by molar-refractivity contribution is 0.0944. The zero-order valence-corrected chi connectivity index (χ0v) is 12.6. The molecular weight excluding hydrogens is 283 g/mol. The monoisotopic (exact) mass is 302 g/mol. The first kappa shape index (κ1) is 16.3. The zero-order chi connectivity index (χ0) is 13.0. The summed E-state index contributed by atoms with van der Waals surface area (Å²) in [6.45, 7) is 4.75. The van der Waals surface area contributed by atoms with Crippen LogP contribution in [0.5, 0.6) is 0 Å². The van der Waals surface area contributed by atoms with Crippen molar-refractivity contribution in [2.75, 3.05) is 19.6 Å². The molecule has 1 aliphatic rings. The number of hydrogen-bond acceptors (Lipinski definition) is 2. The van der Waals surface area contributed by atoms with Gasteiger partial charge in [-0.25, -0.2) is 0 Å². The van der Waals surface area contributed by atoms with Gasteiger partial charge in [0.15, 0.2) is 0 Å². The highest BCUT2D eigenvalue weighted by Gasteiger charge is 2.15. The molecule has 1 amide bonds. The fourth-order valence-electron chi connectivity index (χ4n) is 2.31. The van der Waals surface area contributed by atoms with Crippen LogP contribution in [0.1, 0.15) is 28.8 Å². The highest BCUT2D eigenvalue weighted by molar-refractivity contribution is 6.30. The van der Waals surface area contributed by atoms with E-state index in [-0.39, 0.29) is 18.3 Å². The standard InChI is InChI=1S/C14H19ClN2O.ClH/c1-10-7-12(15)4-5-13(10)14(18)17-9-11-3-2-6-16-8-11;/h4-5,7,11,16H,2-3,6,8-9H2,1H3,(H,17,18);1H. The van der Waals surface area contributed by atoms with Gasteiger partial charge in [-0.15, -0.1) is 12.4 Å². The highest BCUT2D eigenvalue weighted by Crippen LogP contribution is 2.15. The molecule has 19 heavy (non-hydrogen) atoms. The molecule has 2 N–H and O–H groups in total. The predicted octanol–water partition coefficient (Wildman–Crippen LogP) is 2.80. The van der Waals surface area contributed by atoms with E-state index in [1.807, 2.05) is 13.0 Å². The molecule has 0 aliphatic carbocycles. The maximum atomic E-state index is 12.0. The third-order valence-corrected chi connectivity index (χ3v) is 3.62. The molecule has 106 valence electrons. The Labute approximate surface area is 125 Å². The van der Waals surface area contributed by atoms with E-state index < -0.39 is 0 Å². The van der Waals surface area contributed by atoms with Crippen molar-refractivity contribution in [1.82, 2.24) is 10.6 Å². The first-order valence-electron chi connectivity index (χ1n) is 6.42. The highest BCUT2D eigenvalue weighted by atomic mass is 35.5. The minimum atomic E-state index is -0.00487. The summed E-state index contributed by atoms with van der Waals surface area (Å²) in [5.74, 6) is 0.546. The Bertz CT molecular complexity index is 431. The van der Waals surface area contributed by atoms with Gasteiger partial charge in [0.25, 0.3) is 5.91 Å². The number of hydrogen-bond donors (Lipinski definition) is 2. The van der Waals surface area contributed by atoms with Crippen LogP contribution in [0.3, 0.4) is 0 Å². The fraction of sp³-hybridized carbons (Fsp3) is 0.500. The Kier molecular flexibility index (Phi) is 6.63. The van der Waals surface area contributed by atoms with Gasteiger partial charge in [-0.1, -0.05) is 11.6 Å². The Hall–Kier alpha value is -0.770. The molecule has 1 aromatic rings. The average molecular weight is 303 g/mol. The maximum absolute atomic E-state index is 12.0. The molecule has 1 atom stereocenters. The summed E-state index contributed by atoms with van der Waals surface area (Å²) in [5.41, 5.74) is 1.63. The molecular formula is C14H20Cl2N2O. The van der Waals surface area contributed by atoms with Gasteiger partial charge in [0.1, 0.15) is 0 Å². The normalized spacial score (nSPS) is 18.5. The number of benzene rings is 1. The van der Waals surface area contributed by atoms with E-state index in [0.29, 0.717) is 16.5 Å². The van der Waals surface area contributed by atoms with Crippen LogP contribution >= 0.6 is 24.0 Å². The lowest BCUT2D eigenvalue weighted by Gasteiger charge is -2.23. The molecule has 1 heterocycles. The van der Waals surface area contributed by atoms with E-state index in [2.05, 4.69) is 10.6 Å². The Morgan fingerprint density at radius 2 is 2.32 bits per heavy atom. The van der Waals surface area contributed by atoms with Crippen LogP contribution in [-0.4, -0.2) is 25.5 Å². The Balaban J connectivity index is 0.00000180. The van der Waals surface area contributed by atoms with Crippen LogP contribution in [0.2, 0.25) is 5.02 Å². The molecule has 1 aromatic carbocycles. The predicted molar refractivity (Wildman–Crippen MR) is 81.4 cm³/mol. The van der Waals surface area contributed by atoms with Crippen molar-refractivity contribution in [3.63, 3.8) is 0 Å². The van der Waals surface area contributed by atoms with Crippen LogP contribution in [-0.2, 0) is 0 Å². The Morgan fingerprint density at radius 3 is 2.95 bits per heavy atom. The third-order valence-electron chi connectivity index (χ3n) is 3.38. The third kappa shape index (κ3) is 4.68. The van der Waals surface area contributed by atoms with Crippen molar-refractivity contribution >= 4 is 29.9 Å². The summed E-state index contributed by atoms with van der Waals surface area (Å²) in [5, 5.41) is 7.02. The molecule has 1 unspecified atom stereocenters. The van der Waals surface area contributed by atoms with Crippen molar-refractivity contribution in [2.45, 2.75) is 19.8 Å². The summed E-state index contributed by atoms with van der Waals surface area (Å²) >= 11 is 5.88. The number of piperidine rings is 1. The largest absolute Gasteiger partial charge is 0.352 e. The molecule has 1 aliphatic heterocycles. The number of aryl methyl sites for hydroxylation is 1. The number of amides is 1. The molecule has 2 rings (SSSR count).